The van der Waals surface area contributed by atoms with Gasteiger partial charge in [-0.2, -0.15) is 0 Å². The van der Waals surface area contributed by atoms with E-state index in [0.717, 1.165) is 62.9 Å². The predicted molar refractivity (Wildman–Crippen MR) is 130 cm³/mol. The van der Waals surface area contributed by atoms with Crippen LogP contribution in [0.4, 0.5) is 0 Å². The van der Waals surface area contributed by atoms with Crippen molar-refractivity contribution < 1.29 is 9.53 Å². The molecule has 0 atom stereocenters. The van der Waals surface area contributed by atoms with Crippen LogP contribution in [0.15, 0.2) is 29.3 Å². The van der Waals surface area contributed by atoms with Crippen LogP contribution in [-0.4, -0.2) is 44.1 Å². The quantitative estimate of drug-likeness (QED) is 0.172. The average Bonchev–Trinajstić information content (AvgIpc) is 3.48. The number of carbonyl (C=O) groups is 1. The Kier molecular flexibility index (Phi) is 12.7. The second-order valence-electron chi connectivity index (χ2n) is 7.75. The number of amides is 1. The third kappa shape index (κ3) is 11.9. The smallest absolute Gasteiger partial charge is 0.258 e. The van der Waals surface area contributed by atoms with E-state index >= 15 is 0 Å². The van der Waals surface area contributed by atoms with Gasteiger partial charge in [-0.1, -0.05) is 26.0 Å². The van der Waals surface area contributed by atoms with Gasteiger partial charge in [0.2, 0.25) is 0 Å². The summed E-state index contributed by atoms with van der Waals surface area (Å²) in [6, 6.07) is 8.30. The number of halogens is 1. The zero-order valence-electron chi connectivity index (χ0n) is 18.0. The van der Waals surface area contributed by atoms with Gasteiger partial charge in [-0.15, -0.1) is 24.0 Å². The van der Waals surface area contributed by atoms with E-state index in [1.165, 1.54) is 12.0 Å². The van der Waals surface area contributed by atoms with Crippen LogP contribution in [-0.2, 0) is 11.2 Å². The minimum absolute atomic E-state index is 0. The van der Waals surface area contributed by atoms with Crippen molar-refractivity contribution in [1.82, 2.24) is 16.0 Å². The molecule has 0 unspecified atom stereocenters. The van der Waals surface area contributed by atoms with Crippen LogP contribution in [0.2, 0.25) is 0 Å². The highest BCUT2D eigenvalue weighted by Gasteiger charge is 2.23. The van der Waals surface area contributed by atoms with Gasteiger partial charge in [0.05, 0.1) is 0 Å². The van der Waals surface area contributed by atoms with E-state index in [2.05, 4.69) is 41.7 Å². The third-order valence-electron chi connectivity index (χ3n) is 4.50. The van der Waals surface area contributed by atoms with Crippen molar-refractivity contribution in [2.45, 2.75) is 58.9 Å². The normalized spacial score (nSPS) is 13.6. The molecule has 1 aliphatic carbocycles. The van der Waals surface area contributed by atoms with Crippen molar-refractivity contribution in [3.8, 4) is 5.75 Å². The maximum Gasteiger partial charge on any atom is 0.258 e. The Morgan fingerprint density at radius 1 is 1.21 bits per heavy atom. The molecule has 1 saturated carbocycles. The Bertz CT molecular complexity index is 616. The number of carbonyl (C=O) groups excluding carboxylic acids is 1. The molecule has 0 bridgehead atoms. The van der Waals surface area contributed by atoms with Gasteiger partial charge >= 0.3 is 0 Å². The molecule has 6 nitrogen and oxygen atoms in total. The van der Waals surface area contributed by atoms with E-state index < -0.39 is 0 Å². The van der Waals surface area contributed by atoms with Gasteiger partial charge in [0, 0.05) is 25.7 Å². The fourth-order valence-electron chi connectivity index (χ4n) is 2.76. The molecule has 1 aromatic carbocycles. The Morgan fingerprint density at radius 3 is 2.55 bits per heavy atom. The lowest BCUT2D eigenvalue weighted by Crippen LogP contribution is -2.38. The monoisotopic (exact) mass is 516 g/mol. The highest BCUT2D eigenvalue weighted by Crippen LogP contribution is 2.18. The van der Waals surface area contributed by atoms with Crippen molar-refractivity contribution in [3.05, 3.63) is 29.8 Å². The molecule has 1 aliphatic rings. The van der Waals surface area contributed by atoms with Gasteiger partial charge in [0.15, 0.2) is 12.6 Å². The molecule has 0 radical (unpaired) electrons. The molecular weight excluding hydrogens is 479 g/mol. The number of hydrogen-bond donors (Lipinski definition) is 3. The van der Waals surface area contributed by atoms with E-state index in [1.54, 1.807) is 0 Å². The first-order valence-corrected chi connectivity index (χ1v) is 10.6. The summed E-state index contributed by atoms with van der Waals surface area (Å²) >= 11 is 0. The van der Waals surface area contributed by atoms with Gasteiger partial charge in [0.1, 0.15) is 5.75 Å². The van der Waals surface area contributed by atoms with Crippen LogP contribution in [0.1, 0.15) is 52.0 Å². The molecule has 0 spiro atoms. The fraction of sp³-hybridized carbons (Fsp3) is 0.636. The van der Waals surface area contributed by atoms with Gasteiger partial charge in [-0.05, 0) is 62.6 Å². The molecule has 3 N–H and O–H groups in total. The van der Waals surface area contributed by atoms with E-state index in [-0.39, 0.29) is 36.5 Å². The zero-order chi connectivity index (χ0) is 20.2. The SMILES string of the molecule is CCNC(=NCCCC(C)C)NCCc1ccc(OCC(=O)NC2CC2)cc1.I. The van der Waals surface area contributed by atoms with Crippen LogP contribution in [0.3, 0.4) is 0 Å². The lowest BCUT2D eigenvalue weighted by molar-refractivity contribution is -0.123. The summed E-state index contributed by atoms with van der Waals surface area (Å²) in [4.78, 5) is 16.3. The Hall–Kier alpha value is -1.51. The molecule has 1 aromatic rings. The maximum absolute atomic E-state index is 11.7. The first kappa shape index (κ1) is 25.5. The Balaban J connectivity index is 0.00000420. The number of aliphatic imine (C=N–C) groups is 1. The summed E-state index contributed by atoms with van der Waals surface area (Å²) in [6.07, 6.45) is 5.41. The van der Waals surface area contributed by atoms with Crippen LogP contribution in [0.5, 0.6) is 5.75 Å². The van der Waals surface area contributed by atoms with Crippen molar-refractivity contribution in [2.75, 3.05) is 26.2 Å². The molecule has 7 heteroatoms. The first-order chi connectivity index (χ1) is 13.6. The minimum atomic E-state index is -0.0422. The highest BCUT2D eigenvalue weighted by molar-refractivity contribution is 14.0. The van der Waals surface area contributed by atoms with Gasteiger partial charge in [-0.25, -0.2) is 0 Å². The molecule has 0 aliphatic heterocycles. The number of hydrogen-bond acceptors (Lipinski definition) is 3. The molecule has 164 valence electrons. The lowest BCUT2D eigenvalue weighted by Gasteiger charge is -2.12. The van der Waals surface area contributed by atoms with Crippen LogP contribution < -0.4 is 20.7 Å². The lowest BCUT2D eigenvalue weighted by atomic mass is 10.1. The molecule has 0 saturated heterocycles. The molecular formula is C22H37IN4O2. The topological polar surface area (TPSA) is 74.8 Å². The van der Waals surface area contributed by atoms with Crippen molar-refractivity contribution >= 4 is 35.8 Å². The average molecular weight is 516 g/mol. The Morgan fingerprint density at radius 2 is 1.93 bits per heavy atom. The van der Waals surface area contributed by atoms with E-state index in [0.29, 0.717) is 6.04 Å². The van der Waals surface area contributed by atoms with Crippen molar-refractivity contribution in [3.63, 3.8) is 0 Å². The van der Waals surface area contributed by atoms with Gasteiger partial charge in [0.25, 0.3) is 5.91 Å². The van der Waals surface area contributed by atoms with E-state index in [1.807, 2.05) is 24.3 Å². The van der Waals surface area contributed by atoms with Gasteiger partial charge < -0.3 is 20.7 Å². The van der Waals surface area contributed by atoms with Crippen LogP contribution in [0.25, 0.3) is 0 Å². The number of nitrogens with zero attached hydrogens (tertiary/aromatic N) is 1. The van der Waals surface area contributed by atoms with Crippen molar-refractivity contribution in [1.29, 1.82) is 0 Å². The summed E-state index contributed by atoms with van der Waals surface area (Å²) < 4.78 is 5.54. The largest absolute Gasteiger partial charge is 0.484 e. The summed E-state index contributed by atoms with van der Waals surface area (Å²) in [6.45, 7) is 9.18. The number of guanidine groups is 1. The number of ether oxygens (including phenoxy) is 1. The Labute approximate surface area is 192 Å². The minimum Gasteiger partial charge on any atom is -0.484 e. The second kappa shape index (κ2) is 14.5. The molecule has 0 aromatic heterocycles. The molecule has 0 heterocycles. The molecule has 1 fully saturated rings. The zero-order valence-corrected chi connectivity index (χ0v) is 20.3. The predicted octanol–water partition coefficient (Wildman–Crippen LogP) is 3.50. The third-order valence-corrected chi connectivity index (χ3v) is 4.50. The summed E-state index contributed by atoms with van der Waals surface area (Å²) in [5.41, 5.74) is 1.22. The number of nitrogens with one attached hydrogen (secondary N) is 3. The van der Waals surface area contributed by atoms with Crippen molar-refractivity contribution in [2.24, 2.45) is 10.9 Å². The number of rotatable bonds is 12. The fourth-order valence-corrected chi connectivity index (χ4v) is 2.76. The van der Waals surface area contributed by atoms with E-state index in [9.17, 15) is 4.79 Å². The second-order valence-corrected chi connectivity index (χ2v) is 7.75. The molecule has 29 heavy (non-hydrogen) atoms. The number of benzene rings is 1. The summed E-state index contributed by atoms with van der Waals surface area (Å²) in [7, 11) is 0. The van der Waals surface area contributed by atoms with E-state index in [4.69, 9.17) is 4.74 Å². The molecule has 2 rings (SSSR count). The van der Waals surface area contributed by atoms with Gasteiger partial charge in [-0.3, -0.25) is 9.79 Å². The summed E-state index contributed by atoms with van der Waals surface area (Å²) in [5, 5.41) is 9.60. The van der Waals surface area contributed by atoms with Crippen LogP contribution in [0, 0.1) is 5.92 Å². The standard InChI is InChI=1S/C22H36N4O2.HI/c1-4-23-22(24-14-5-6-17(2)3)25-15-13-18-7-11-20(12-8-18)28-16-21(27)26-19-9-10-19;/h7-8,11-12,17,19H,4-6,9-10,13-16H2,1-3H3,(H,26,27)(H2,23,24,25);1H. The maximum atomic E-state index is 11.7. The summed E-state index contributed by atoms with van der Waals surface area (Å²) in [5.74, 6) is 2.29. The molecule has 1 amide bonds. The first-order valence-electron chi connectivity index (χ1n) is 10.6. The highest BCUT2D eigenvalue weighted by atomic mass is 127. The van der Waals surface area contributed by atoms with Crippen LogP contribution >= 0.6 is 24.0 Å².